The van der Waals surface area contributed by atoms with Crippen molar-refractivity contribution in [1.82, 2.24) is 4.72 Å². The molecule has 9 nitrogen and oxygen atoms in total. The Labute approximate surface area is 176 Å². The first-order valence-corrected chi connectivity index (χ1v) is 12.2. The van der Waals surface area contributed by atoms with E-state index in [2.05, 4.69) is 14.8 Å². The van der Waals surface area contributed by atoms with Gasteiger partial charge in [-0.1, -0.05) is 0 Å². The second-order valence-corrected chi connectivity index (χ2v) is 11.1. The highest BCUT2D eigenvalue weighted by atomic mass is 32.2. The number of rotatable bonds is 7. The number of carbonyl (C=O) groups excluding carboxylic acids is 1. The first-order chi connectivity index (χ1) is 13.7. The summed E-state index contributed by atoms with van der Waals surface area (Å²) in [5.41, 5.74) is 0.102. The van der Waals surface area contributed by atoms with Gasteiger partial charge >= 0.3 is 0 Å². The van der Waals surface area contributed by atoms with Gasteiger partial charge in [-0.3, -0.25) is 9.52 Å². The monoisotopic (exact) mass is 455 g/mol. The van der Waals surface area contributed by atoms with Gasteiger partial charge in [-0.25, -0.2) is 21.6 Å². The normalized spacial score (nSPS) is 12.3. The Morgan fingerprint density at radius 1 is 0.967 bits per heavy atom. The summed E-state index contributed by atoms with van der Waals surface area (Å²) in [7, 11) is -5.86. The molecule has 0 radical (unpaired) electrons. The molecule has 0 saturated heterocycles. The SMILES string of the molecule is COc1ccc(NC(=O)c2ccc(S(=O)(=O)NC(C)(C)C)cc2)cc1NS(C)(=O)=O. The van der Waals surface area contributed by atoms with Crippen molar-refractivity contribution in [3.05, 3.63) is 48.0 Å². The quantitative estimate of drug-likeness (QED) is 0.588. The van der Waals surface area contributed by atoms with Crippen LogP contribution in [0.2, 0.25) is 0 Å². The zero-order valence-electron chi connectivity index (χ0n) is 17.3. The Morgan fingerprint density at radius 2 is 1.57 bits per heavy atom. The lowest BCUT2D eigenvalue weighted by molar-refractivity contribution is 0.102. The van der Waals surface area contributed by atoms with E-state index in [1.54, 1.807) is 26.8 Å². The predicted octanol–water partition coefficient (Wildman–Crippen LogP) is 2.40. The Hall–Kier alpha value is -2.63. The summed E-state index contributed by atoms with van der Waals surface area (Å²) in [6.45, 7) is 5.19. The van der Waals surface area contributed by atoms with E-state index in [9.17, 15) is 21.6 Å². The van der Waals surface area contributed by atoms with Crippen molar-refractivity contribution < 1.29 is 26.4 Å². The van der Waals surface area contributed by atoms with Gasteiger partial charge in [-0.2, -0.15) is 0 Å². The van der Waals surface area contributed by atoms with E-state index >= 15 is 0 Å². The van der Waals surface area contributed by atoms with Crippen LogP contribution in [0.25, 0.3) is 0 Å². The summed E-state index contributed by atoms with van der Waals surface area (Å²) >= 11 is 0. The Bertz CT molecular complexity index is 1140. The molecule has 0 aliphatic heterocycles. The smallest absolute Gasteiger partial charge is 0.255 e. The van der Waals surface area contributed by atoms with Gasteiger partial charge in [-0.15, -0.1) is 0 Å². The molecule has 0 spiro atoms. The molecule has 164 valence electrons. The van der Waals surface area contributed by atoms with Crippen LogP contribution in [-0.2, 0) is 20.0 Å². The highest BCUT2D eigenvalue weighted by Gasteiger charge is 2.22. The van der Waals surface area contributed by atoms with Gasteiger partial charge in [0.05, 0.1) is 23.9 Å². The number of carbonyl (C=O) groups is 1. The van der Waals surface area contributed by atoms with Crippen molar-refractivity contribution in [3.8, 4) is 5.75 Å². The number of ether oxygens (including phenoxy) is 1. The molecule has 0 atom stereocenters. The van der Waals surface area contributed by atoms with Crippen LogP contribution in [-0.4, -0.2) is 41.6 Å². The molecule has 2 aromatic carbocycles. The van der Waals surface area contributed by atoms with E-state index in [1.165, 1.54) is 43.5 Å². The summed E-state index contributed by atoms with van der Waals surface area (Å²) in [6.07, 6.45) is 1.00. The van der Waals surface area contributed by atoms with E-state index < -0.39 is 31.5 Å². The maximum Gasteiger partial charge on any atom is 0.255 e. The number of anilines is 2. The van der Waals surface area contributed by atoms with Gasteiger partial charge in [0, 0.05) is 16.8 Å². The highest BCUT2D eigenvalue weighted by Crippen LogP contribution is 2.29. The maximum absolute atomic E-state index is 12.5. The number of methoxy groups -OCH3 is 1. The van der Waals surface area contributed by atoms with Crippen molar-refractivity contribution in [3.63, 3.8) is 0 Å². The lowest BCUT2D eigenvalue weighted by Crippen LogP contribution is -2.40. The minimum atomic E-state index is -3.71. The third-order valence-electron chi connectivity index (χ3n) is 3.62. The van der Waals surface area contributed by atoms with Crippen LogP contribution < -0.4 is 19.5 Å². The van der Waals surface area contributed by atoms with E-state index in [0.29, 0.717) is 11.4 Å². The number of nitrogens with one attached hydrogen (secondary N) is 3. The van der Waals surface area contributed by atoms with Crippen molar-refractivity contribution in [2.24, 2.45) is 0 Å². The Kier molecular flexibility index (Phi) is 6.80. The molecule has 1 amide bonds. The van der Waals surface area contributed by atoms with E-state index in [-0.39, 0.29) is 16.1 Å². The van der Waals surface area contributed by atoms with Crippen molar-refractivity contribution in [2.45, 2.75) is 31.2 Å². The molecule has 30 heavy (non-hydrogen) atoms. The fourth-order valence-electron chi connectivity index (χ4n) is 2.52. The molecule has 0 bridgehead atoms. The van der Waals surface area contributed by atoms with Gasteiger partial charge in [-0.05, 0) is 63.2 Å². The van der Waals surface area contributed by atoms with Crippen molar-refractivity contribution in [1.29, 1.82) is 0 Å². The number of benzene rings is 2. The van der Waals surface area contributed by atoms with Crippen LogP contribution in [0.4, 0.5) is 11.4 Å². The van der Waals surface area contributed by atoms with Crippen LogP contribution in [0.3, 0.4) is 0 Å². The van der Waals surface area contributed by atoms with Crippen LogP contribution in [0.5, 0.6) is 5.75 Å². The van der Waals surface area contributed by atoms with E-state index in [1.807, 2.05) is 0 Å². The molecular weight excluding hydrogens is 430 g/mol. The summed E-state index contributed by atoms with van der Waals surface area (Å²) in [5.74, 6) is -0.197. The molecule has 0 saturated carbocycles. The molecule has 11 heteroatoms. The molecule has 2 aromatic rings. The van der Waals surface area contributed by atoms with Crippen LogP contribution in [0.15, 0.2) is 47.4 Å². The van der Waals surface area contributed by atoms with Gasteiger partial charge in [0.15, 0.2) is 0 Å². The zero-order chi connectivity index (χ0) is 22.7. The van der Waals surface area contributed by atoms with Crippen molar-refractivity contribution in [2.75, 3.05) is 23.4 Å². The predicted molar refractivity (Wildman–Crippen MR) is 116 cm³/mol. The topological polar surface area (TPSA) is 131 Å². The second kappa shape index (κ2) is 8.62. The fourth-order valence-corrected chi connectivity index (χ4v) is 4.49. The highest BCUT2D eigenvalue weighted by molar-refractivity contribution is 7.92. The van der Waals surface area contributed by atoms with Gasteiger partial charge in [0.1, 0.15) is 5.75 Å². The first kappa shape index (κ1) is 23.6. The molecule has 0 unspecified atom stereocenters. The second-order valence-electron chi connectivity index (χ2n) is 7.62. The Balaban J connectivity index is 2.21. The average molecular weight is 456 g/mol. The number of sulfonamides is 2. The number of amides is 1. The number of hydrogen-bond donors (Lipinski definition) is 3. The fraction of sp³-hybridized carbons (Fsp3) is 0.316. The minimum Gasteiger partial charge on any atom is -0.495 e. The van der Waals surface area contributed by atoms with E-state index in [0.717, 1.165) is 6.26 Å². The minimum absolute atomic E-state index is 0.0399. The molecule has 0 heterocycles. The molecular formula is C19H25N3O6S2. The summed E-state index contributed by atoms with van der Waals surface area (Å²) < 4.78 is 57.7. The standard InChI is InChI=1S/C19H25N3O6S2/c1-19(2,3)22-30(26,27)15-9-6-13(7-10-15)18(23)20-14-8-11-17(28-4)16(12-14)21-29(5,24)25/h6-12,21-22H,1-5H3,(H,20,23). The van der Waals surface area contributed by atoms with Crippen LogP contribution >= 0.6 is 0 Å². The maximum atomic E-state index is 12.5. The van der Waals surface area contributed by atoms with E-state index in [4.69, 9.17) is 4.74 Å². The number of hydrogen-bond acceptors (Lipinski definition) is 6. The van der Waals surface area contributed by atoms with Crippen LogP contribution in [0, 0.1) is 0 Å². The molecule has 2 rings (SSSR count). The molecule has 0 aliphatic rings. The summed E-state index contributed by atoms with van der Waals surface area (Å²) in [5, 5.41) is 2.64. The largest absolute Gasteiger partial charge is 0.495 e. The molecule has 0 fully saturated rings. The lowest BCUT2D eigenvalue weighted by atomic mass is 10.1. The lowest BCUT2D eigenvalue weighted by Gasteiger charge is -2.20. The van der Waals surface area contributed by atoms with Crippen molar-refractivity contribution >= 4 is 37.3 Å². The van der Waals surface area contributed by atoms with Gasteiger partial charge < -0.3 is 10.1 Å². The first-order valence-electron chi connectivity index (χ1n) is 8.81. The molecule has 3 N–H and O–H groups in total. The zero-order valence-corrected chi connectivity index (χ0v) is 18.9. The average Bonchev–Trinajstić information content (AvgIpc) is 2.58. The summed E-state index contributed by atoms with van der Waals surface area (Å²) in [4.78, 5) is 12.5. The van der Waals surface area contributed by atoms with Gasteiger partial charge in [0.25, 0.3) is 5.91 Å². The summed E-state index contributed by atoms with van der Waals surface area (Å²) in [6, 6.07) is 9.95. The third kappa shape index (κ3) is 6.71. The third-order valence-corrected chi connectivity index (χ3v) is 5.98. The molecule has 0 aromatic heterocycles. The van der Waals surface area contributed by atoms with Gasteiger partial charge in [0.2, 0.25) is 20.0 Å². The van der Waals surface area contributed by atoms with Crippen LogP contribution in [0.1, 0.15) is 31.1 Å². The molecule has 0 aliphatic carbocycles. The Morgan fingerprint density at radius 3 is 2.07 bits per heavy atom.